The zero-order valence-corrected chi connectivity index (χ0v) is 21.7. The fourth-order valence-electron chi connectivity index (χ4n) is 6.20. The maximum atomic E-state index is 13.0. The lowest BCUT2D eigenvalue weighted by Crippen LogP contribution is -2.58. The summed E-state index contributed by atoms with van der Waals surface area (Å²) in [6.07, 6.45) is 7.25. The summed E-state index contributed by atoms with van der Waals surface area (Å²) in [5.41, 5.74) is 1.28. The lowest BCUT2D eigenvalue weighted by molar-refractivity contribution is -0.123. The first-order chi connectivity index (χ1) is 17.2. The molecule has 1 unspecified atom stereocenters. The number of pyridine rings is 1. The van der Waals surface area contributed by atoms with Crippen LogP contribution in [0.1, 0.15) is 51.6 Å². The van der Waals surface area contributed by atoms with Gasteiger partial charge in [-0.2, -0.15) is 5.10 Å². The Balaban J connectivity index is 1.25. The van der Waals surface area contributed by atoms with E-state index in [1.54, 1.807) is 18.6 Å². The average Bonchev–Trinajstić information content (AvgIpc) is 3.38. The van der Waals surface area contributed by atoms with Crippen molar-refractivity contribution in [1.82, 2.24) is 20.1 Å². The zero-order valence-electron chi connectivity index (χ0n) is 20.9. The van der Waals surface area contributed by atoms with Crippen molar-refractivity contribution >= 4 is 23.2 Å². The second kappa shape index (κ2) is 10.1. The molecule has 9 nitrogen and oxygen atoms in total. The molecular weight excluding hydrogens is 482 g/mol. The van der Waals surface area contributed by atoms with Crippen LogP contribution in [-0.4, -0.2) is 46.2 Å². The molecule has 5 atom stereocenters. The van der Waals surface area contributed by atoms with Crippen molar-refractivity contribution in [2.75, 3.05) is 18.5 Å². The van der Waals surface area contributed by atoms with Crippen molar-refractivity contribution < 1.29 is 14.3 Å². The summed E-state index contributed by atoms with van der Waals surface area (Å²) in [6, 6.07) is 3.55. The van der Waals surface area contributed by atoms with Crippen LogP contribution in [0.4, 0.5) is 5.69 Å². The predicted octanol–water partition coefficient (Wildman–Crippen LogP) is 3.39. The van der Waals surface area contributed by atoms with Gasteiger partial charge in [-0.1, -0.05) is 32.4 Å². The third-order valence-corrected chi connectivity index (χ3v) is 8.90. The molecule has 0 spiro atoms. The van der Waals surface area contributed by atoms with Gasteiger partial charge in [0, 0.05) is 24.9 Å². The molecule has 2 bridgehead atoms. The number of amides is 1. The topological polar surface area (TPSA) is 107 Å². The second-order valence-corrected chi connectivity index (χ2v) is 11.2. The van der Waals surface area contributed by atoms with Gasteiger partial charge in [0.05, 0.1) is 31.1 Å². The van der Waals surface area contributed by atoms with Crippen LogP contribution < -0.4 is 16.2 Å². The maximum absolute atomic E-state index is 13.0. The first kappa shape index (κ1) is 25.2. The molecule has 0 aromatic carbocycles. The van der Waals surface area contributed by atoms with Gasteiger partial charge in [0.15, 0.2) is 6.29 Å². The van der Waals surface area contributed by atoms with Crippen molar-refractivity contribution in [3.8, 4) is 0 Å². The van der Waals surface area contributed by atoms with E-state index in [4.69, 9.17) is 21.1 Å². The van der Waals surface area contributed by atoms with Crippen molar-refractivity contribution in [2.24, 2.45) is 23.2 Å². The Morgan fingerprint density at radius 1 is 1.25 bits per heavy atom. The normalized spacial score (nSPS) is 27.8. The molecule has 10 heteroatoms. The minimum atomic E-state index is -0.492. The van der Waals surface area contributed by atoms with Crippen molar-refractivity contribution in [3.63, 3.8) is 0 Å². The summed E-state index contributed by atoms with van der Waals surface area (Å²) < 4.78 is 12.2. The van der Waals surface area contributed by atoms with E-state index in [2.05, 4.69) is 41.5 Å². The van der Waals surface area contributed by atoms with Gasteiger partial charge in [0.1, 0.15) is 11.6 Å². The van der Waals surface area contributed by atoms with Crippen LogP contribution in [0.5, 0.6) is 0 Å². The van der Waals surface area contributed by atoms with E-state index >= 15 is 0 Å². The molecule has 1 amide bonds. The van der Waals surface area contributed by atoms with Crippen LogP contribution >= 0.6 is 11.6 Å². The highest BCUT2D eigenvalue weighted by Gasteiger charge is 2.56. The van der Waals surface area contributed by atoms with Crippen molar-refractivity contribution in [3.05, 3.63) is 51.7 Å². The van der Waals surface area contributed by atoms with Crippen LogP contribution in [0.15, 0.2) is 35.5 Å². The lowest BCUT2D eigenvalue weighted by atomic mass is 9.45. The smallest absolute Gasteiger partial charge is 0.288 e. The number of ether oxygens (including phenoxy) is 2. The molecular formula is C26H34ClN5O4. The Hall–Kier alpha value is -2.49. The van der Waals surface area contributed by atoms with E-state index in [1.807, 2.05) is 12.1 Å². The molecule has 194 valence electrons. The lowest BCUT2D eigenvalue weighted by Gasteiger charge is -2.62. The van der Waals surface area contributed by atoms with E-state index in [0.29, 0.717) is 48.5 Å². The number of fused-ring (bicyclic) bond motifs is 2. The van der Waals surface area contributed by atoms with E-state index < -0.39 is 11.8 Å². The molecule has 3 heterocycles. The van der Waals surface area contributed by atoms with Gasteiger partial charge in [-0.3, -0.25) is 14.6 Å². The molecule has 1 aliphatic heterocycles. The fourth-order valence-corrected chi connectivity index (χ4v) is 6.41. The summed E-state index contributed by atoms with van der Waals surface area (Å²) in [5, 5.41) is 10.8. The van der Waals surface area contributed by atoms with Gasteiger partial charge in [-0.15, -0.1) is 0 Å². The van der Waals surface area contributed by atoms with Gasteiger partial charge in [-0.25, -0.2) is 4.68 Å². The number of hydrogen-bond donors (Lipinski definition) is 2. The Bertz CT molecular complexity index is 1150. The van der Waals surface area contributed by atoms with Crippen LogP contribution in [-0.2, 0) is 20.8 Å². The number of nitrogens with one attached hydrogen (secondary N) is 2. The van der Waals surface area contributed by atoms with Crippen LogP contribution in [0.25, 0.3) is 0 Å². The highest BCUT2D eigenvalue weighted by molar-refractivity contribution is 6.32. The molecule has 3 saturated carbocycles. The Kier molecular flexibility index (Phi) is 7.07. The first-order valence-corrected chi connectivity index (χ1v) is 13.1. The van der Waals surface area contributed by atoms with Crippen molar-refractivity contribution in [2.45, 2.75) is 65.0 Å². The first-order valence-electron chi connectivity index (χ1n) is 12.7. The van der Waals surface area contributed by atoms with Gasteiger partial charge < -0.3 is 20.1 Å². The summed E-state index contributed by atoms with van der Waals surface area (Å²) >= 11 is 6.46. The number of carbonyl (C=O) groups is 1. The minimum Gasteiger partial charge on any atom is -0.379 e. The summed E-state index contributed by atoms with van der Waals surface area (Å²) in [5.74, 6) is 1.47. The molecule has 36 heavy (non-hydrogen) atoms. The number of nitrogens with zero attached hydrogens (tertiary/aromatic N) is 3. The molecule has 4 aliphatic rings. The fraction of sp³-hybridized carbons (Fsp3) is 0.615. The molecule has 1 saturated heterocycles. The summed E-state index contributed by atoms with van der Waals surface area (Å²) in [7, 11) is 0. The average molecular weight is 516 g/mol. The van der Waals surface area contributed by atoms with Crippen molar-refractivity contribution in [1.29, 1.82) is 0 Å². The zero-order chi connectivity index (χ0) is 25.4. The number of hydrogen-bond acceptors (Lipinski definition) is 7. The van der Waals surface area contributed by atoms with E-state index in [-0.39, 0.29) is 29.6 Å². The number of carbonyl (C=O) groups excluding carboxylic acids is 1. The number of aromatic nitrogens is 3. The molecule has 2 aromatic rings. The van der Waals surface area contributed by atoms with E-state index in [0.717, 1.165) is 16.7 Å². The quantitative estimate of drug-likeness (QED) is 0.554. The number of anilines is 1. The largest absolute Gasteiger partial charge is 0.379 e. The summed E-state index contributed by atoms with van der Waals surface area (Å²) in [4.78, 5) is 29.9. The highest BCUT2D eigenvalue weighted by atomic mass is 35.5. The molecule has 3 aliphatic carbocycles. The van der Waals surface area contributed by atoms with Crippen LogP contribution in [0.2, 0.25) is 5.02 Å². The standard InChI is InChI=1S/C26H34ClN5O4/c1-15-18-10-17(26(18,2)3)11-19(15)30-21-13-29-32(25(34)24(21)27)14-22(33)31-20(12-23-35-8-9-36-23)16-4-6-28-7-5-16/h4-7,13,15,17-20,23,30H,8-12,14H2,1-3H3,(H,31,33)/t15-,17+,18-,19-,20?/m1/s1. The summed E-state index contributed by atoms with van der Waals surface area (Å²) in [6.45, 7) is 7.79. The van der Waals surface area contributed by atoms with E-state index in [1.165, 1.54) is 6.42 Å². The van der Waals surface area contributed by atoms with Gasteiger partial charge in [-0.05, 0) is 53.7 Å². The monoisotopic (exact) mass is 515 g/mol. The maximum Gasteiger partial charge on any atom is 0.288 e. The third-order valence-electron chi connectivity index (χ3n) is 8.54. The van der Waals surface area contributed by atoms with Crippen LogP contribution in [0, 0.1) is 23.2 Å². The molecule has 4 fully saturated rings. The predicted molar refractivity (Wildman–Crippen MR) is 136 cm³/mol. The second-order valence-electron chi connectivity index (χ2n) is 10.8. The molecule has 0 radical (unpaired) electrons. The van der Waals surface area contributed by atoms with Gasteiger partial charge in [0.2, 0.25) is 5.91 Å². The Labute approximate surface area is 215 Å². The highest BCUT2D eigenvalue weighted by Crippen LogP contribution is 2.61. The number of halogens is 1. The molecule has 6 rings (SSSR count). The van der Waals surface area contributed by atoms with Gasteiger partial charge in [0.25, 0.3) is 5.56 Å². The molecule has 2 aromatic heterocycles. The van der Waals surface area contributed by atoms with E-state index in [9.17, 15) is 9.59 Å². The Morgan fingerprint density at radius 2 is 1.97 bits per heavy atom. The van der Waals surface area contributed by atoms with Crippen LogP contribution in [0.3, 0.4) is 0 Å². The Morgan fingerprint density at radius 3 is 2.64 bits per heavy atom. The minimum absolute atomic E-state index is 0.0574. The van der Waals surface area contributed by atoms with Gasteiger partial charge >= 0.3 is 0 Å². The number of rotatable bonds is 8. The third kappa shape index (κ3) is 4.88. The molecule has 2 N–H and O–H groups in total. The SMILES string of the molecule is C[C@@H]1[C@H]2C[C@@H](C[C@H]1Nc1cnn(CC(=O)NC(CC3OCCO3)c3ccncc3)c(=O)c1Cl)C2(C)C.